The molecule has 5 heteroatoms. The summed E-state index contributed by atoms with van der Waals surface area (Å²) in [6.07, 6.45) is -0.223. The molecular weight excluding hydrogens is 218 g/mol. The summed E-state index contributed by atoms with van der Waals surface area (Å²) in [5, 5.41) is 7.85. The Labute approximate surface area is 99.6 Å². The Morgan fingerprint density at radius 3 is 2.47 bits per heavy atom. The molecule has 0 spiro atoms. The molecule has 2 unspecified atom stereocenters. The molecule has 2 rings (SSSR count). The zero-order chi connectivity index (χ0) is 12.3. The molecule has 0 saturated carbocycles. The van der Waals surface area contributed by atoms with Gasteiger partial charge in [0.2, 0.25) is 11.8 Å². The van der Waals surface area contributed by atoms with Crippen molar-refractivity contribution in [2.45, 2.75) is 19.1 Å². The number of aromatic nitrogens is 2. The van der Waals surface area contributed by atoms with Crippen LogP contribution in [0.4, 0.5) is 0 Å². The predicted molar refractivity (Wildman–Crippen MR) is 62.2 cm³/mol. The molecular formula is C12H15N3O2. The molecule has 2 aromatic rings. The molecule has 0 amide bonds. The van der Waals surface area contributed by atoms with Gasteiger partial charge in [-0.3, -0.25) is 0 Å². The van der Waals surface area contributed by atoms with Crippen molar-refractivity contribution < 1.29 is 9.15 Å². The van der Waals surface area contributed by atoms with Crippen LogP contribution in [-0.2, 0) is 4.74 Å². The van der Waals surface area contributed by atoms with Crippen molar-refractivity contribution in [3.05, 3.63) is 47.7 Å². The minimum absolute atomic E-state index is 0.223. The van der Waals surface area contributed by atoms with Crippen molar-refractivity contribution in [1.29, 1.82) is 0 Å². The molecule has 0 fully saturated rings. The van der Waals surface area contributed by atoms with Crippen molar-refractivity contribution in [2.24, 2.45) is 5.73 Å². The second-order valence-electron chi connectivity index (χ2n) is 3.74. The van der Waals surface area contributed by atoms with Gasteiger partial charge < -0.3 is 14.9 Å². The standard InChI is InChI=1S/C12H15N3O2/c1-8(16-2)11-14-15-12(17-11)10(13)9-6-4-3-5-7-9/h3-8,10H,13H2,1-2H3. The molecule has 0 radical (unpaired) electrons. The Bertz CT molecular complexity index is 470. The molecule has 1 aromatic carbocycles. The number of benzene rings is 1. The lowest BCUT2D eigenvalue weighted by Gasteiger charge is -2.07. The van der Waals surface area contributed by atoms with Crippen LogP contribution in [0.1, 0.15) is 36.4 Å². The molecule has 2 N–H and O–H groups in total. The average Bonchev–Trinajstić information content (AvgIpc) is 2.87. The van der Waals surface area contributed by atoms with E-state index in [9.17, 15) is 0 Å². The molecule has 0 bridgehead atoms. The summed E-state index contributed by atoms with van der Waals surface area (Å²) in [5.74, 6) is 0.837. The Balaban J connectivity index is 2.20. The van der Waals surface area contributed by atoms with Crippen LogP contribution in [0.2, 0.25) is 0 Å². The quantitative estimate of drug-likeness (QED) is 0.871. The van der Waals surface area contributed by atoms with E-state index in [-0.39, 0.29) is 6.10 Å². The average molecular weight is 233 g/mol. The number of hydrogen-bond donors (Lipinski definition) is 1. The molecule has 0 saturated heterocycles. The van der Waals surface area contributed by atoms with E-state index < -0.39 is 6.04 Å². The van der Waals surface area contributed by atoms with Gasteiger partial charge in [-0.05, 0) is 12.5 Å². The summed E-state index contributed by atoms with van der Waals surface area (Å²) in [6, 6.07) is 9.22. The largest absolute Gasteiger partial charge is 0.420 e. The number of ether oxygens (including phenoxy) is 1. The lowest BCUT2D eigenvalue weighted by Crippen LogP contribution is -2.12. The van der Waals surface area contributed by atoms with Gasteiger partial charge in [-0.1, -0.05) is 30.3 Å². The Morgan fingerprint density at radius 1 is 1.18 bits per heavy atom. The third kappa shape index (κ3) is 2.51. The molecule has 1 aromatic heterocycles. The first kappa shape index (κ1) is 11.8. The zero-order valence-electron chi connectivity index (χ0n) is 9.83. The second-order valence-corrected chi connectivity index (χ2v) is 3.74. The van der Waals surface area contributed by atoms with E-state index in [1.807, 2.05) is 37.3 Å². The van der Waals surface area contributed by atoms with Crippen LogP contribution in [0.25, 0.3) is 0 Å². The summed E-state index contributed by atoms with van der Waals surface area (Å²) in [6.45, 7) is 1.84. The van der Waals surface area contributed by atoms with E-state index in [4.69, 9.17) is 14.9 Å². The fourth-order valence-electron chi connectivity index (χ4n) is 1.44. The summed E-state index contributed by atoms with van der Waals surface area (Å²) in [7, 11) is 1.59. The van der Waals surface area contributed by atoms with Crippen molar-refractivity contribution in [3.63, 3.8) is 0 Å². The molecule has 17 heavy (non-hydrogen) atoms. The van der Waals surface area contributed by atoms with Gasteiger partial charge >= 0.3 is 0 Å². The predicted octanol–water partition coefficient (Wildman–Crippen LogP) is 1.83. The number of rotatable bonds is 4. The second kappa shape index (κ2) is 5.07. The lowest BCUT2D eigenvalue weighted by atomic mass is 10.1. The van der Waals surface area contributed by atoms with Crippen molar-refractivity contribution in [2.75, 3.05) is 7.11 Å². The minimum Gasteiger partial charge on any atom is -0.420 e. The van der Waals surface area contributed by atoms with Gasteiger partial charge in [0.15, 0.2) is 0 Å². The maximum absolute atomic E-state index is 6.03. The van der Waals surface area contributed by atoms with Crippen molar-refractivity contribution in [3.8, 4) is 0 Å². The maximum Gasteiger partial charge on any atom is 0.244 e. The van der Waals surface area contributed by atoms with Crippen LogP contribution in [0.5, 0.6) is 0 Å². The topological polar surface area (TPSA) is 74.2 Å². The normalized spacial score (nSPS) is 14.5. The molecule has 5 nitrogen and oxygen atoms in total. The van der Waals surface area contributed by atoms with E-state index in [1.54, 1.807) is 7.11 Å². The molecule has 90 valence electrons. The Morgan fingerprint density at radius 2 is 1.82 bits per heavy atom. The molecule has 0 aliphatic heterocycles. The van der Waals surface area contributed by atoms with Crippen LogP contribution in [0.15, 0.2) is 34.7 Å². The summed E-state index contributed by atoms with van der Waals surface area (Å²) in [5.41, 5.74) is 6.97. The van der Waals surface area contributed by atoms with E-state index in [2.05, 4.69) is 10.2 Å². The molecule has 2 atom stereocenters. The number of nitrogens with zero attached hydrogens (tertiary/aromatic N) is 2. The van der Waals surface area contributed by atoms with Gasteiger partial charge in [0.1, 0.15) is 12.1 Å². The van der Waals surface area contributed by atoms with Gasteiger partial charge in [0.05, 0.1) is 0 Å². The first-order valence-corrected chi connectivity index (χ1v) is 5.39. The Kier molecular flexibility index (Phi) is 3.51. The van der Waals surface area contributed by atoms with Gasteiger partial charge in [0.25, 0.3) is 0 Å². The van der Waals surface area contributed by atoms with Gasteiger partial charge in [-0.15, -0.1) is 10.2 Å². The zero-order valence-corrected chi connectivity index (χ0v) is 9.83. The number of nitrogens with two attached hydrogens (primary N) is 1. The fourth-order valence-corrected chi connectivity index (χ4v) is 1.44. The van der Waals surface area contributed by atoms with Gasteiger partial charge in [-0.25, -0.2) is 0 Å². The Hall–Kier alpha value is -1.72. The SMILES string of the molecule is COC(C)c1nnc(C(N)c2ccccc2)o1. The first-order chi connectivity index (χ1) is 8.22. The lowest BCUT2D eigenvalue weighted by molar-refractivity contribution is 0.0933. The van der Waals surface area contributed by atoms with Crippen molar-refractivity contribution in [1.82, 2.24) is 10.2 Å². The monoisotopic (exact) mass is 233 g/mol. The molecule has 0 aliphatic carbocycles. The van der Waals surface area contributed by atoms with Crippen LogP contribution in [-0.4, -0.2) is 17.3 Å². The van der Waals surface area contributed by atoms with E-state index in [0.717, 1.165) is 5.56 Å². The van der Waals surface area contributed by atoms with Gasteiger partial charge in [-0.2, -0.15) is 0 Å². The third-order valence-electron chi connectivity index (χ3n) is 2.58. The van der Waals surface area contributed by atoms with E-state index >= 15 is 0 Å². The van der Waals surface area contributed by atoms with E-state index in [0.29, 0.717) is 11.8 Å². The van der Waals surface area contributed by atoms with E-state index in [1.165, 1.54) is 0 Å². The third-order valence-corrected chi connectivity index (χ3v) is 2.58. The summed E-state index contributed by atoms with van der Waals surface area (Å²) < 4.78 is 10.6. The maximum atomic E-state index is 6.03. The highest BCUT2D eigenvalue weighted by atomic mass is 16.5. The smallest absolute Gasteiger partial charge is 0.244 e. The highest BCUT2D eigenvalue weighted by Crippen LogP contribution is 2.21. The van der Waals surface area contributed by atoms with Crippen LogP contribution in [0.3, 0.4) is 0 Å². The highest BCUT2D eigenvalue weighted by molar-refractivity contribution is 5.22. The number of methoxy groups -OCH3 is 1. The van der Waals surface area contributed by atoms with Crippen LogP contribution < -0.4 is 5.73 Å². The van der Waals surface area contributed by atoms with Crippen LogP contribution in [0, 0.1) is 0 Å². The molecule has 1 heterocycles. The first-order valence-electron chi connectivity index (χ1n) is 5.39. The van der Waals surface area contributed by atoms with Gasteiger partial charge in [0, 0.05) is 7.11 Å². The molecule has 0 aliphatic rings. The summed E-state index contributed by atoms with van der Waals surface area (Å²) >= 11 is 0. The minimum atomic E-state index is -0.401. The van der Waals surface area contributed by atoms with Crippen LogP contribution >= 0.6 is 0 Å². The fraction of sp³-hybridized carbons (Fsp3) is 0.333. The van der Waals surface area contributed by atoms with Crippen molar-refractivity contribution >= 4 is 0 Å². The number of hydrogen-bond acceptors (Lipinski definition) is 5. The summed E-state index contributed by atoms with van der Waals surface area (Å²) in [4.78, 5) is 0. The highest BCUT2D eigenvalue weighted by Gasteiger charge is 2.18.